The Morgan fingerprint density at radius 1 is 1.45 bits per heavy atom. The molecule has 0 aliphatic heterocycles. The van der Waals surface area contributed by atoms with Crippen LogP contribution in [0.15, 0.2) is 29.2 Å². The van der Waals surface area contributed by atoms with Crippen LogP contribution in [0.3, 0.4) is 0 Å². The fraction of sp³-hybridized carbons (Fsp3) is 0.467. The third kappa shape index (κ3) is 3.10. The van der Waals surface area contributed by atoms with Crippen LogP contribution in [0.25, 0.3) is 5.84 Å². The van der Waals surface area contributed by atoms with E-state index >= 15 is 0 Å². The molecule has 0 fully saturated rings. The fourth-order valence-electron chi connectivity index (χ4n) is 2.10. The number of carbonyl (C=O) groups excluding carboxylic acids is 1. The highest BCUT2D eigenvalue weighted by Crippen LogP contribution is 2.17. The maximum atomic E-state index is 12.4. The van der Waals surface area contributed by atoms with E-state index in [9.17, 15) is 4.79 Å². The summed E-state index contributed by atoms with van der Waals surface area (Å²) in [6.45, 7) is 2.16. The minimum atomic E-state index is -0.0425. The van der Waals surface area contributed by atoms with Crippen molar-refractivity contribution < 1.29 is 9.21 Å². The minimum absolute atomic E-state index is 0.0425. The third-order valence-electron chi connectivity index (χ3n) is 3.11. The van der Waals surface area contributed by atoms with Crippen LogP contribution >= 0.6 is 0 Å². The molecule has 0 spiro atoms. The van der Waals surface area contributed by atoms with Crippen molar-refractivity contribution in [2.75, 3.05) is 14.1 Å². The molecule has 0 unspecified atom stereocenters. The van der Waals surface area contributed by atoms with Crippen LogP contribution < -0.4 is 0 Å². The van der Waals surface area contributed by atoms with Gasteiger partial charge in [-0.25, -0.2) is 0 Å². The van der Waals surface area contributed by atoms with Crippen LogP contribution in [0.5, 0.6) is 0 Å². The lowest BCUT2D eigenvalue weighted by atomic mass is 10.1. The van der Waals surface area contributed by atoms with E-state index in [4.69, 9.17) is 4.42 Å². The van der Waals surface area contributed by atoms with Gasteiger partial charge in [0.25, 0.3) is 0 Å². The van der Waals surface area contributed by atoms with Crippen molar-refractivity contribution in [1.82, 2.24) is 14.3 Å². The third-order valence-corrected chi connectivity index (χ3v) is 3.11. The van der Waals surface area contributed by atoms with Crippen molar-refractivity contribution in [2.24, 2.45) is 0 Å². The molecule has 0 N–H and O–H groups in total. The standard InChI is InChI=1S/C15H21N3O2/c1-4-5-6-7-12-14(13(19)8-9-17(2)3)18-10-11-20-15(18)16-12/h8-11H,4-7H2,1-3H3. The van der Waals surface area contributed by atoms with E-state index < -0.39 is 0 Å². The van der Waals surface area contributed by atoms with Gasteiger partial charge in [0, 0.05) is 32.6 Å². The summed E-state index contributed by atoms with van der Waals surface area (Å²) in [5.41, 5.74) is 1.44. The number of imidazole rings is 1. The number of nitrogens with zero attached hydrogens (tertiary/aromatic N) is 3. The maximum Gasteiger partial charge on any atom is 0.306 e. The molecular weight excluding hydrogens is 254 g/mol. The summed E-state index contributed by atoms with van der Waals surface area (Å²) in [4.78, 5) is 18.6. The highest BCUT2D eigenvalue weighted by molar-refractivity contribution is 6.04. The number of ketones is 1. The molecule has 0 radical (unpaired) electrons. The summed E-state index contributed by atoms with van der Waals surface area (Å²) >= 11 is 0. The molecule has 0 bridgehead atoms. The van der Waals surface area contributed by atoms with Crippen LogP contribution in [-0.4, -0.2) is 34.2 Å². The number of aromatic nitrogens is 2. The molecular formula is C15H21N3O2. The van der Waals surface area contributed by atoms with Crippen molar-refractivity contribution in [3.8, 4) is 0 Å². The summed E-state index contributed by atoms with van der Waals surface area (Å²) in [7, 11) is 3.77. The number of unbranched alkanes of at least 4 members (excludes halogenated alkanes) is 2. The van der Waals surface area contributed by atoms with Crippen LogP contribution in [0.1, 0.15) is 42.4 Å². The molecule has 5 nitrogen and oxygen atoms in total. The van der Waals surface area contributed by atoms with Crippen LogP contribution in [0, 0.1) is 0 Å². The lowest BCUT2D eigenvalue weighted by Gasteiger charge is -2.03. The Kier molecular flexibility index (Phi) is 4.61. The zero-order valence-corrected chi connectivity index (χ0v) is 12.3. The highest BCUT2D eigenvalue weighted by Gasteiger charge is 2.18. The molecule has 108 valence electrons. The molecule has 20 heavy (non-hydrogen) atoms. The van der Waals surface area contributed by atoms with E-state index in [1.807, 2.05) is 19.0 Å². The largest absolute Gasteiger partial charge is 0.432 e. The molecule has 0 saturated carbocycles. The number of hydrogen-bond acceptors (Lipinski definition) is 4. The summed E-state index contributed by atoms with van der Waals surface area (Å²) in [6.07, 6.45) is 10.7. The smallest absolute Gasteiger partial charge is 0.306 e. The first-order chi connectivity index (χ1) is 9.63. The van der Waals surface area contributed by atoms with Gasteiger partial charge in [0.15, 0.2) is 0 Å². The van der Waals surface area contributed by atoms with E-state index in [-0.39, 0.29) is 5.78 Å². The van der Waals surface area contributed by atoms with Crippen molar-refractivity contribution in [1.29, 1.82) is 0 Å². The van der Waals surface area contributed by atoms with Crippen molar-refractivity contribution in [2.45, 2.75) is 32.6 Å². The topological polar surface area (TPSA) is 50.8 Å². The summed E-state index contributed by atoms with van der Waals surface area (Å²) < 4.78 is 7.01. The zero-order valence-electron chi connectivity index (χ0n) is 12.3. The molecule has 0 aliphatic carbocycles. The normalized spacial score (nSPS) is 11.6. The van der Waals surface area contributed by atoms with E-state index in [0.717, 1.165) is 31.4 Å². The number of oxazole rings is 1. The van der Waals surface area contributed by atoms with Crippen LogP contribution in [0.2, 0.25) is 0 Å². The van der Waals surface area contributed by atoms with Gasteiger partial charge >= 0.3 is 5.84 Å². The van der Waals surface area contributed by atoms with Gasteiger partial charge in [-0.3, -0.25) is 9.20 Å². The predicted octanol–water partition coefficient (Wildman–Crippen LogP) is 2.92. The first-order valence-electron chi connectivity index (χ1n) is 6.97. The van der Waals surface area contributed by atoms with Crippen molar-refractivity contribution in [3.05, 3.63) is 36.1 Å². The average Bonchev–Trinajstić information content (AvgIpc) is 2.96. The van der Waals surface area contributed by atoms with Crippen LogP contribution in [-0.2, 0) is 6.42 Å². The number of rotatable bonds is 7. The number of carbonyl (C=O) groups is 1. The SMILES string of the molecule is CCCCCc1nc2occn2c1C(=O)C=CN(C)C. The number of hydrogen-bond donors (Lipinski definition) is 0. The maximum absolute atomic E-state index is 12.4. The quantitative estimate of drug-likeness (QED) is 0.443. The highest BCUT2D eigenvalue weighted by atomic mass is 16.3. The second-order valence-electron chi connectivity index (χ2n) is 5.06. The first kappa shape index (κ1) is 14.4. The van der Waals surface area contributed by atoms with E-state index in [1.165, 1.54) is 0 Å². The fourth-order valence-corrected chi connectivity index (χ4v) is 2.10. The Balaban J connectivity index is 2.30. The van der Waals surface area contributed by atoms with Gasteiger partial charge in [-0.05, 0) is 12.8 Å². The Bertz CT molecular complexity index is 608. The van der Waals surface area contributed by atoms with Gasteiger partial charge in [0.2, 0.25) is 5.78 Å². The minimum Gasteiger partial charge on any atom is -0.432 e. The average molecular weight is 275 g/mol. The van der Waals surface area contributed by atoms with Gasteiger partial charge in [-0.15, -0.1) is 0 Å². The predicted molar refractivity (Wildman–Crippen MR) is 77.8 cm³/mol. The molecule has 0 saturated heterocycles. The summed E-state index contributed by atoms with van der Waals surface area (Å²) in [5.74, 6) is 0.442. The zero-order chi connectivity index (χ0) is 14.5. The van der Waals surface area contributed by atoms with Crippen LogP contribution in [0.4, 0.5) is 0 Å². The van der Waals surface area contributed by atoms with Gasteiger partial charge in [0.1, 0.15) is 12.0 Å². The van der Waals surface area contributed by atoms with Gasteiger partial charge in [-0.2, -0.15) is 4.98 Å². The molecule has 2 aromatic heterocycles. The lowest BCUT2D eigenvalue weighted by Crippen LogP contribution is -2.07. The van der Waals surface area contributed by atoms with E-state index in [0.29, 0.717) is 11.5 Å². The Labute approximate surface area is 118 Å². The molecule has 5 heteroatoms. The molecule has 2 rings (SSSR count). The van der Waals surface area contributed by atoms with E-state index in [1.54, 1.807) is 29.1 Å². The van der Waals surface area contributed by atoms with Crippen molar-refractivity contribution in [3.63, 3.8) is 0 Å². The van der Waals surface area contributed by atoms with Gasteiger partial charge in [-0.1, -0.05) is 19.8 Å². The van der Waals surface area contributed by atoms with Gasteiger partial charge < -0.3 is 9.32 Å². The number of allylic oxidation sites excluding steroid dienone is 1. The summed E-state index contributed by atoms with van der Waals surface area (Å²) in [5, 5.41) is 0. The van der Waals surface area contributed by atoms with Gasteiger partial charge in [0.05, 0.1) is 5.69 Å². The number of fused-ring (bicyclic) bond motifs is 1. The summed E-state index contributed by atoms with van der Waals surface area (Å²) in [6, 6.07) is 0. The molecule has 0 amide bonds. The Morgan fingerprint density at radius 3 is 2.95 bits per heavy atom. The number of aryl methyl sites for hydroxylation is 1. The second kappa shape index (κ2) is 6.41. The molecule has 2 aromatic rings. The van der Waals surface area contributed by atoms with Crippen molar-refractivity contribution >= 4 is 11.6 Å². The molecule has 0 aromatic carbocycles. The molecule has 0 aliphatic rings. The Hall–Kier alpha value is -2.04. The molecule has 0 atom stereocenters. The molecule has 2 heterocycles. The Morgan fingerprint density at radius 2 is 2.25 bits per heavy atom. The van der Waals surface area contributed by atoms with E-state index in [2.05, 4.69) is 11.9 Å². The second-order valence-corrected chi connectivity index (χ2v) is 5.06. The lowest BCUT2D eigenvalue weighted by molar-refractivity contribution is 0.103. The monoisotopic (exact) mass is 275 g/mol. The first-order valence-corrected chi connectivity index (χ1v) is 6.97.